The van der Waals surface area contributed by atoms with Crippen molar-refractivity contribution in [1.29, 1.82) is 0 Å². The highest BCUT2D eigenvalue weighted by molar-refractivity contribution is 7.92. The van der Waals surface area contributed by atoms with E-state index in [1.807, 2.05) is 29.2 Å². The predicted octanol–water partition coefficient (Wildman–Crippen LogP) is 6.13. The Morgan fingerprint density at radius 1 is 0.951 bits per heavy atom. The van der Waals surface area contributed by atoms with Crippen molar-refractivity contribution in [3.63, 3.8) is 0 Å². The van der Waals surface area contributed by atoms with Crippen LogP contribution in [0, 0.1) is 5.92 Å². The third kappa shape index (κ3) is 4.95. The van der Waals surface area contributed by atoms with E-state index in [4.69, 9.17) is 27.9 Å². The molecule has 0 unspecified atom stereocenters. The van der Waals surface area contributed by atoms with Gasteiger partial charge in [0.05, 0.1) is 10.9 Å². The second-order valence-corrected chi connectivity index (χ2v) is 14.4. The molecule has 3 aromatic carbocycles. The normalized spacial score (nSPS) is 23.2. The van der Waals surface area contributed by atoms with Gasteiger partial charge in [-0.15, -0.1) is 0 Å². The van der Waals surface area contributed by atoms with E-state index >= 15 is 0 Å². The van der Waals surface area contributed by atoms with Crippen molar-refractivity contribution < 1.29 is 17.9 Å². The zero-order valence-electron chi connectivity index (χ0n) is 23.1. The Hall–Kier alpha value is -2.58. The summed E-state index contributed by atoms with van der Waals surface area (Å²) in [6.07, 6.45) is 3.23. The van der Waals surface area contributed by atoms with Crippen LogP contribution < -0.4 is 4.74 Å². The van der Waals surface area contributed by atoms with Crippen LogP contribution in [0.4, 0.5) is 0 Å². The van der Waals surface area contributed by atoms with Crippen molar-refractivity contribution in [2.75, 3.05) is 26.7 Å². The first-order valence-electron chi connectivity index (χ1n) is 14.2. The van der Waals surface area contributed by atoms with Gasteiger partial charge >= 0.3 is 0 Å². The highest BCUT2D eigenvalue weighted by Crippen LogP contribution is 2.53. The number of hydrogen-bond donors (Lipinski definition) is 0. The Bertz CT molecular complexity index is 1540. The molecule has 3 aromatic rings. The molecule has 9 heteroatoms. The van der Waals surface area contributed by atoms with Gasteiger partial charge in [0.25, 0.3) is 0 Å². The molecular formula is C32H34Cl2N2O4S. The number of amides is 1. The minimum Gasteiger partial charge on any atom is -0.489 e. The zero-order chi connectivity index (χ0) is 28.8. The number of hydrogen-bond acceptors (Lipinski definition) is 5. The van der Waals surface area contributed by atoms with Crippen LogP contribution in [0.5, 0.6) is 5.75 Å². The van der Waals surface area contributed by atoms with Crippen molar-refractivity contribution in [1.82, 2.24) is 9.80 Å². The van der Waals surface area contributed by atoms with Crippen LogP contribution in [0.1, 0.15) is 42.4 Å². The highest BCUT2D eigenvalue weighted by atomic mass is 35.5. The fourth-order valence-corrected chi connectivity index (χ4v) is 9.88. The Morgan fingerprint density at radius 3 is 2.37 bits per heavy atom. The first-order chi connectivity index (χ1) is 19.7. The fourth-order valence-electron chi connectivity index (χ4n) is 6.98. The van der Waals surface area contributed by atoms with E-state index in [1.54, 1.807) is 42.5 Å². The van der Waals surface area contributed by atoms with Gasteiger partial charge in [-0.05, 0) is 99.8 Å². The quantitative estimate of drug-likeness (QED) is 0.335. The third-order valence-electron chi connectivity index (χ3n) is 9.19. The maximum absolute atomic E-state index is 14.6. The van der Waals surface area contributed by atoms with Crippen molar-refractivity contribution in [3.8, 4) is 5.75 Å². The van der Waals surface area contributed by atoms with Crippen LogP contribution in [0.3, 0.4) is 0 Å². The van der Waals surface area contributed by atoms with Crippen molar-refractivity contribution in [2.45, 2.75) is 54.4 Å². The zero-order valence-corrected chi connectivity index (χ0v) is 25.4. The maximum atomic E-state index is 14.6. The van der Waals surface area contributed by atoms with E-state index in [9.17, 15) is 13.2 Å². The van der Waals surface area contributed by atoms with Gasteiger partial charge in [0.1, 0.15) is 17.1 Å². The minimum atomic E-state index is -3.84. The predicted molar refractivity (Wildman–Crippen MR) is 161 cm³/mol. The average molecular weight is 614 g/mol. The van der Waals surface area contributed by atoms with E-state index in [0.717, 1.165) is 37.1 Å². The highest BCUT2D eigenvalue weighted by Gasteiger charge is 2.61. The summed E-state index contributed by atoms with van der Waals surface area (Å²) in [4.78, 5) is 18.3. The molecule has 0 spiro atoms. The SMILES string of the molecule is CN1CCC(C(=O)N2CC[C@@]3(S(=O)(=O)c4ccccc4)c4ccc(OCc5c(Cl)cccc5Cl)cc4CC[C@@H]23)CC1. The number of ether oxygens (including phenoxy) is 1. The molecule has 3 aliphatic rings. The largest absolute Gasteiger partial charge is 0.489 e. The minimum absolute atomic E-state index is 0.0600. The molecule has 0 bridgehead atoms. The summed E-state index contributed by atoms with van der Waals surface area (Å²) in [5.74, 6) is 0.672. The van der Waals surface area contributed by atoms with Crippen LogP contribution in [-0.4, -0.2) is 56.8 Å². The number of nitrogens with zero attached hydrogens (tertiary/aromatic N) is 2. The molecule has 216 valence electrons. The number of sulfone groups is 1. The van der Waals surface area contributed by atoms with Crippen molar-refractivity contribution in [3.05, 3.63) is 93.5 Å². The summed E-state index contributed by atoms with van der Waals surface area (Å²) in [7, 11) is -1.76. The lowest BCUT2D eigenvalue weighted by Crippen LogP contribution is -2.53. The van der Waals surface area contributed by atoms with Crippen LogP contribution >= 0.6 is 23.2 Å². The van der Waals surface area contributed by atoms with E-state index in [1.165, 1.54) is 0 Å². The molecule has 2 saturated heterocycles. The van der Waals surface area contributed by atoms with Crippen LogP contribution in [-0.2, 0) is 32.4 Å². The number of halogens is 2. The lowest BCUT2D eigenvalue weighted by molar-refractivity contribution is -0.138. The van der Waals surface area contributed by atoms with Gasteiger partial charge in [0.15, 0.2) is 9.84 Å². The number of rotatable bonds is 6. The second kappa shape index (κ2) is 11.3. The number of carbonyl (C=O) groups excluding carboxylic acids is 1. The summed E-state index contributed by atoms with van der Waals surface area (Å²) >= 11 is 12.7. The topological polar surface area (TPSA) is 66.9 Å². The maximum Gasteiger partial charge on any atom is 0.226 e. The third-order valence-corrected chi connectivity index (χ3v) is 12.4. The molecular weight excluding hydrogens is 579 g/mol. The van der Waals surface area contributed by atoms with Crippen LogP contribution in [0.25, 0.3) is 0 Å². The van der Waals surface area contributed by atoms with Crippen LogP contribution in [0.2, 0.25) is 10.0 Å². The first kappa shape index (κ1) is 28.5. The monoisotopic (exact) mass is 612 g/mol. The Kier molecular flexibility index (Phi) is 7.83. The first-order valence-corrected chi connectivity index (χ1v) is 16.4. The fraction of sp³-hybridized carbons (Fsp3) is 0.406. The summed E-state index contributed by atoms with van der Waals surface area (Å²) in [5.41, 5.74) is 2.42. The average Bonchev–Trinajstić information content (AvgIpc) is 3.39. The van der Waals surface area contributed by atoms with Gasteiger partial charge in [-0.2, -0.15) is 0 Å². The molecule has 41 heavy (non-hydrogen) atoms. The van der Waals surface area contributed by atoms with Crippen molar-refractivity contribution in [2.24, 2.45) is 5.92 Å². The second-order valence-electron chi connectivity index (χ2n) is 11.4. The van der Waals surface area contributed by atoms with Gasteiger partial charge < -0.3 is 14.5 Å². The summed E-state index contributed by atoms with van der Waals surface area (Å²) in [6, 6.07) is 19.3. The standard InChI is InChI=1S/C32H34Cl2N2O4S/c1-35-17-14-22(15-18-35)31(37)36-19-16-32(41(38,39)25-6-3-2-4-7-25)27-12-11-24(20-23(27)10-13-30(32)36)40-21-26-28(33)8-5-9-29(26)34/h2-9,11-12,20,22,30H,10,13-19,21H2,1H3/t30-,32-/m1/s1. The Morgan fingerprint density at radius 2 is 1.66 bits per heavy atom. The summed E-state index contributed by atoms with van der Waals surface area (Å²) in [6.45, 7) is 2.40. The molecule has 2 atom stereocenters. The molecule has 2 fully saturated rings. The number of fused-ring (bicyclic) bond motifs is 3. The molecule has 1 amide bonds. The van der Waals surface area contributed by atoms with Crippen LogP contribution in [0.15, 0.2) is 71.6 Å². The van der Waals surface area contributed by atoms with E-state index in [-0.39, 0.29) is 18.4 Å². The molecule has 0 radical (unpaired) electrons. The van der Waals surface area contributed by atoms with E-state index < -0.39 is 20.6 Å². The van der Waals surface area contributed by atoms with Gasteiger partial charge in [0.2, 0.25) is 5.91 Å². The number of piperidine rings is 1. The van der Waals surface area contributed by atoms with Gasteiger partial charge in [-0.1, -0.05) is 53.5 Å². The number of carbonyl (C=O) groups is 1. The van der Waals surface area contributed by atoms with Gasteiger partial charge in [-0.3, -0.25) is 4.79 Å². The molecule has 6 nitrogen and oxygen atoms in total. The Balaban J connectivity index is 1.37. The molecule has 1 aliphatic carbocycles. The molecule has 2 aliphatic heterocycles. The number of likely N-dealkylation sites (tertiary alicyclic amines) is 2. The summed E-state index contributed by atoms with van der Waals surface area (Å²) in [5, 5.41) is 1.07. The lowest BCUT2D eigenvalue weighted by Gasteiger charge is -2.43. The van der Waals surface area contributed by atoms with E-state index in [0.29, 0.717) is 52.1 Å². The van der Waals surface area contributed by atoms with E-state index in [2.05, 4.69) is 11.9 Å². The molecule has 2 heterocycles. The lowest BCUT2D eigenvalue weighted by atomic mass is 9.78. The van der Waals surface area contributed by atoms with Crippen molar-refractivity contribution >= 4 is 38.9 Å². The Labute approximate surface area is 252 Å². The summed E-state index contributed by atoms with van der Waals surface area (Å²) < 4.78 is 34.1. The smallest absolute Gasteiger partial charge is 0.226 e. The molecule has 0 N–H and O–H groups in total. The van der Waals surface area contributed by atoms with Gasteiger partial charge in [0, 0.05) is 28.1 Å². The molecule has 0 saturated carbocycles. The van der Waals surface area contributed by atoms with Gasteiger partial charge in [-0.25, -0.2) is 8.42 Å². The number of aryl methyl sites for hydroxylation is 1. The molecule has 0 aromatic heterocycles. The molecule has 6 rings (SSSR count). The number of benzene rings is 3.